The van der Waals surface area contributed by atoms with Gasteiger partial charge in [-0.3, -0.25) is 42.5 Å². The van der Waals surface area contributed by atoms with E-state index in [1.807, 2.05) is 31.5 Å². The SMILES string of the molecule is C.CCOC(=O)c1cc(C2CCC(=O)CC2)nn1C.CCOC(=O)c1cc(C2CCC3(CC2)OCCO3)n(C)n1.CCOC(=O)c1cc(C2CCC3(CC2)OCCO3)nn1C.COC(=O)c1cc(C2CCC(C(=O)O)CC2)nn1C.COC(=O)c1cc(C2CCC(C=O)CC2)nn1C.COC=C1CCC(c2cc(C(=O)OC)n(C)n2)CC1.COP(=O)(OC)C(=[N+]=[N-])C(C)=O. The molecule has 129 heavy (non-hydrogen) atoms. The molecular weight excluding hydrogens is 1700 g/mol. The summed E-state index contributed by atoms with van der Waals surface area (Å²) in [4.78, 5) is 116. The monoisotopic (exact) mass is 1830 g/mol. The fourth-order valence-corrected chi connectivity index (χ4v) is 18.1. The summed E-state index contributed by atoms with van der Waals surface area (Å²) in [5.74, 6) is -1.85. The van der Waals surface area contributed by atoms with E-state index in [2.05, 4.69) is 49.2 Å². The van der Waals surface area contributed by atoms with Crippen LogP contribution in [-0.4, -0.2) is 234 Å². The molecule has 8 fully saturated rings. The maximum Gasteiger partial charge on any atom is 0.446 e. The van der Waals surface area contributed by atoms with Gasteiger partial charge >= 0.3 is 54.8 Å². The van der Waals surface area contributed by atoms with Crippen molar-refractivity contribution in [1.29, 1.82) is 0 Å². The molecule has 0 unspecified atom stereocenters. The van der Waals surface area contributed by atoms with Gasteiger partial charge in [-0.1, -0.05) is 7.43 Å². The number of Topliss-reactive ketones (excluding diaryl/α,β-unsaturated/α-hetero) is 2. The molecule has 0 bridgehead atoms. The Morgan fingerprint density at radius 2 is 0.791 bits per heavy atom. The Hall–Kier alpha value is -10.5. The van der Waals surface area contributed by atoms with Gasteiger partial charge in [-0.25, -0.2) is 33.3 Å². The highest BCUT2D eigenvalue weighted by Crippen LogP contribution is 2.48. The number of aliphatic carboxylic acids is 1. The molecule has 40 heteroatoms. The average Bonchev–Trinajstić information content (AvgIpc) is 1.66. The highest BCUT2D eigenvalue weighted by molar-refractivity contribution is 7.74. The lowest BCUT2D eigenvalue weighted by molar-refractivity contribution is -0.179. The van der Waals surface area contributed by atoms with Crippen LogP contribution in [-0.2, 0) is 127 Å². The molecule has 6 saturated carbocycles. The summed E-state index contributed by atoms with van der Waals surface area (Å²) in [7, 11) is 14.9. The van der Waals surface area contributed by atoms with Crippen LogP contribution in [0.15, 0.2) is 48.2 Å². The predicted octanol–water partition coefficient (Wildman–Crippen LogP) is 12.8. The lowest BCUT2D eigenvalue weighted by Gasteiger charge is -2.35. The van der Waals surface area contributed by atoms with Crippen molar-refractivity contribution in [2.45, 2.75) is 236 Å². The minimum atomic E-state index is -3.70. The van der Waals surface area contributed by atoms with Gasteiger partial charge in [0.25, 0.3) is 0 Å². The normalized spacial score (nSPS) is 20.4. The Balaban J connectivity index is 0.000000207. The summed E-state index contributed by atoms with van der Waals surface area (Å²) in [5, 5.41) is 35.3. The van der Waals surface area contributed by atoms with Crippen LogP contribution in [0.1, 0.15) is 322 Å². The number of hydrogen-bond donors (Lipinski definition) is 1. The van der Waals surface area contributed by atoms with Crippen molar-refractivity contribution in [1.82, 2.24) is 58.7 Å². The number of rotatable bonds is 22. The van der Waals surface area contributed by atoms with Gasteiger partial charge in [0, 0.05) is 149 Å². The Labute approximate surface area is 753 Å². The van der Waals surface area contributed by atoms with E-state index in [1.54, 1.807) is 105 Å². The van der Waals surface area contributed by atoms with E-state index in [-0.39, 0.29) is 72.5 Å². The van der Waals surface area contributed by atoms with Crippen LogP contribution in [0.5, 0.6) is 0 Å². The van der Waals surface area contributed by atoms with Crippen molar-refractivity contribution >= 4 is 72.7 Å². The molecule has 2 saturated heterocycles. The molecule has 6 aromatic heterocycles. The summed E-state index contributed by atoms with van der Waals surface area (Å²) in [6.07, 6.45) is 24.1. The van der Waals surface area contributed by atoms with E-state index in [9.17, 15) is 52.5 Å². The lowest BCUT2D eigenvalue weighted by atomic mass is 9.80. The second-order valence-corrected chi connectivity index (χ2v) is 34.6. The number of aromatic nitrogens is 12. The maximum atomic E-state index is 11.8. The second kappa shape index (κ2) is 50.6. The molecule has 0 aromatic carbocycles. The van der Waals surface area contributed by atoms with Gasteiger partial charge in [-0.05, 0) is 178 Å². The quantitative estimate of drug-likeness (QED) is 0.00964. The number of carboxylic acids is 1. The number of carboxylic acid groups (broad SMARTS) is 1. The zero-order valence-electron chi connectivity index (χ0n) is 76.6. The summed E-state index contributed by atoms with van der Waals surface area (Å²) in [6.45, 7) is 10.4. The van der Waals surface area contributed by atoms with E-state index in [1.165, 1.54) is 31.6 Å². The topological polar surface area (TPSA) is 471 Å². The van der Waals surface area contributed by atoms with Crippen LogP contribution >= 0.6 is 7.60 Å². The first-order valence-electron chi connectivity index (χ1n) is 43.6. The number of hydrogen-bond acceptors (Lipinski definition) is 30. The predicted molar refractivity (Wildman–Crippen MR) is 466 cm³/mol. The molecule has 0 radical (unpaired) electrons. The number of carbonyl (C=O) groups excluding carboxylic acids is 9. The maximum absolute atomic E-state index is 11.8. The lowest BCUT2D eigenvalue weighted by Crippen LogP contribution is -2.34. The second-order valence-electron chi connectivity index (χ2n) is 32.4. The van der Waals surface area contributed by atoms with E-state index in [4.69, 9.17) is 58.0 Å². The van der Waals surface area contributed by atoms with Crippen LogP contribution in [0, 0.1) is 11.8 Å². The largest absolute Gasteiger partial charge is 0.504 e. The smallest absolute Gasteiger partial charge is 0.446 e. The third kappa shape index (κ3) is 28.7. The van der Waals surface area contributed by atoms with E-state index >= 15 is 0 Å². The van der Waals surface area contributed by atoms with Gasteiger partial charge in [0.05, 0.1) is 115 Å². The Kier molecular flexibility index (Phi) is 41.4. The molecule has 1 N–H and O–H groups in total. The first-order valence-corrected chi connectivity index (χ1v) is 45.2. The Bertz CT molecular complexity index is 4840. The molecule has 0 atom stereocenters. The molecule has 712 valence electrons. The van der Waals surface area contributed by atoms with Crippen LogP contribution in [0.25, 0.3) is 5.53 Å². The number of carbonyl (C=O) groups is 10. The van der Waals surface area contributed by atoms with Crippen LogP contribution in [0.4, 0.5) is 0 Å². The molecular formula is C89H131N14O25P. The molecule has 6 aromatic rings. The van der Waals surface area contributed by atoms with Gasteiger partial charge in [0.15, 0.2) is 17.3 Å². The van der Waals surface area contributed by atoms with Gasteiger partial charge < -0.3 is 76.6 Å². The van der Waals surface area contributed by atoms with Crippen molar-refractivity contribution in [2.24, 2.45) is 54.1 Å². The summed E-state index contributed by atoms with van der Waals surface area (Å²) < 4.78 is 87.1. The van der Waals surface area contributed by atoms with E-state index in [0.29, 0.717) is 136 Å². The molecule has 14 rings (SSSR count). The Morgan fingerprint density at radius 1 is 0.465 bits per heavy atom. The number of aldehydes is 1. The first-order chi connectivity index (χ1) is 61.2. The minimum absolute atomic E-state index is 0. The van der Waals surface area contributed by atoms with Crippen molar-refractivity contribution < 1.29 is 124 Å². The number of nitrogens with zero attached hydrogens (tertiary/aromatic N) is 14. The van der Waals surface area contributed by atoms with Crippen molar-refractivity contribution in [3.8, 4) is 0 Å². The third-order valence-corrected chi connectivity index (χ3v) is 26.2. The van der Waals surface area contributed by atoms with Gasteiger partial charge in [-0.15, -0.1) is 0 Å². The number of ketones is 2. The summed E-state index contributed by atoms with van der Waals surface area (Å²) in [5.41, 5.74) is 17.6. The average molecular weight is 1830 g/mol. The molecule has 8 aliphatic rings. The van der Waals surface area contributed by atoms with Crippen LogP contribution in [0.2, 0.25) is 0 Å². The third-order valence-electron chi connectivity index (χ3n) is 24.3. The van der Waals surface area contributed by atoms with Gasteiger partial charge in [-0.2, -0.15) is 35.4 Å². The van der Waals surface area contributed by atoms with E-state index in [0.717, 1.165) is 190 Å². The van der Waals surface area contributed by atoms with Crippen molar-refractivity contribution in [2.75, 3.05) is 88.9 Å². The first kappa shape index (κ1) is 106. The fourth-order valence-electron chi connectivity index (χ4n) is 17.1. The van der Waals surface area contributed by atoms with E-state index < -0.39 is 30.8 Å². The zero-order valence-corrected chi connectivity index (χ0v) is 77.5. The van der Waals surface area contributed by atoms with Gasteiger partial charge in [0.1, 0.15) is 40.5 Å². The number of methoxy groups -OCH3 is 4. The van der Waals surface area contributed by atoms with Crippen LogP contribution in [0.3, 0.4) is 0 Å². The molecule has 2 aliphatic heterocycles. The number of aryl methyl sites for hydroxylation is 6. The van der Waals surface area contributed by atoms with Crippen molar-refractivity contribution in [3.63, 3.8) is 0 Å². The Morgan fingerprint density at radius 3 is 1.10 bits per heavy atom. The fraction of sp³-hybridized carbons (Fsp3) is 0.652. The number of esters is 6. The standard InChI is InChI=1S/2C15H22N2O4.C14H20N2O3.C13H18N2O4.2C13H18N2O3.C5H9N2O4P.CH4/c1-3-19-14(18)12-10-13(17(2)16-12)11-4-6-15(7-5-11)20-8-9-21-15;1-3-19-14(18)13-10-12(16-17(13)2)11-4-6-15(7-5-11)20-8-9-21-15;1-16-13(14(17)19-3)8-12(15-16)11-6-4-10(5-7-11)9-18-2;1-15-11(13(18)19-2)7-10(14-15)8-3-5-9(6-4-8)12(16)17;1-15-12(13(17)18-2)7-11(14-15)10-5-3-9(8-16)4-6-10;1-3-18-13(17)12-8-11(14-15(12)2)9-4-6-10(16)7-5-9;1-4(8)5(7-6)12(9,10-2)11-3;/h2*10-11H,3-9H2,1-2H3;8-9,11H,4-7H2,1-3H3;7-9H,3-6H2,1-2H3,(H,16,17);7-10H,3-6H2,1-2H3;8-9H,3-7H2,1-2H3;1-3H3;1H4. The minimum Gasteiger partial charge on any atom is -0.504 e. The summed E-state index contributed by atoms with van der Waals surface area (Å²) >= 11 is 0. The molecule has 2 spiro atoms. The molecule has 8 heterocycles. The molecule has 6 aliphatic carbocycles. The van der Waals surface area contributed by atoms with Crippen LogP contribution < -0.4 is 0 Å². The highest BCUT2D eigenvalue weighted by atomic mass is 31.2. The zero-order chi connectivity index (χ0) is 93.6. The molecule has 0 amide bonds. The summed E-state index contributed by atoms with van der Waals surface area (Å²) in [6, 6.07) is 10.9. The van der Waals surface area contributed by atoms with Crippen molar-refractivity contribution in [3.05, 3.63) is 122 Å². The van der Waals surface area contributed by atoms with Gasteiger partial charge in [0.2, 0.25) is 5.78 Å². The molecule has 39 nitrogen and oxygen atoms in total. The number of allylic oxidation sites excluding steroid dienone is 1. The highest BCUT2D eigenvalue weighted by Gasteiger charge is 2.45. The number of ether oxygens (including phenoxy) is 11.